The van der Waals surface area contributed by atoms with Gasteiger partial charge in [-0.15, -0.1) is 0 Å². The number of amides is 1. The van der Waals surface area contributed by atoms with E-state index >= 15 is 0 Å². The molecule has 0 spiro atoms. The molecule has 3 rings (SSSR count). The van der Waals surface area contributed by atoms with E-state index in [1.165, 1.54) is 26.3 Å². The van der Waals surface area contributed by atoms with Crippen molar-refractivity contribution in [3.63, 3.8) is 0 Å². The van der Waals surface area contributed by atoms with E-state index in [1.807, 2.05) is 61.5 Å². The van der Waals surface area contributed by atoms with Gasteiger partial charge in [0.2, 0.25) is 6.79 Å². The van der Waals surface area contributed by atoms with Crippen molar-refractivity contribution < 1.29 is 33.3 Å². The number of aryl methyl sites for hydroxylation is 1. The zero-order valence-corrected chi connectivity index (χ0v) is 22.3. The van der Waals surface area contributed by atoms with Gasteiger partial charge in [-0.25, -0.2) is 4.98 Å². The molecule has 2 unspecified atom stereocenters. The third kappa shape index (κ3) is 8.24. The number of nitrogens with one attached hydrogen (secondary N) is 1. The van der Waals surface area contributed by atoms with Crippen molar-refractivity contribution in [3.05, 3.63) is 89.2 Å². The van der Waals surface area contributed by atoms with Gasteiger partial charge in [0, 0.05) is 25.6 Å². The molecule has 9 nitrogen and oxygen atoms in total. The summed E-state index contributed by atoms with van der Waals surface area (Å²) in [5.74, 6) is -1.72. The number of nitrogens with zero attached hydrogens (tertiary/aromatic N) is 1. The Kier molecular flexibility index (Phi) is 10.5. The molecular formula is C28H30N2O7S. The van der Waals surface area contributed by atoms with Crippen LogP contribution in [0.15, 0.2) is 66.9 Å². The molecule has 3 aromatic rings. The molecular weight excluding hydrogens is 508 g/mol. The van der Waals surface area contributed by atoms with E-state index in [4.69, 9.17) is 31.6 Å². The van der Waals surface area contributed by atoms with Gasteiger partial charge in [-0.2, -0.15) is 12.6 Å². The van der Waals surface area contributed by atoms with Gasteiger partial charge in [-0.1, -0.05) is 60.2 Å². The second-order valence-corrected chi connectivity index (χ2v) is 8.90. The van der Waals surface area contributed by atoms with Crippen molar-refractivity contribution >= 4 is 30.5 Å². The summed E-state index contributed by atoms with van der Waals surface area (Å²) in [6.07, 6.45) is 1.20. The van der Waals surface area contributed by atoms with Crippen LogP contribution in [0, 0.1) is 6.92 Å². The lowest BCUT2D eigenvalue weighted by molar-refractivity contribution is -0.148. The number of rotatable bonds is 12. The maximum Gasteiger partial charge on any atom is 0.325 e. The van der Waals surface area contributed by atoms with Crippen molar-refractivity contribution in [3.8, 4) is 11.5 Å². The molecule has 200 valence electrons. The molecule has 10 heteroatoms. The van der Waals surface area contributed by atoms with Crippen LogP contribution in [0.5, 0.6) is 11.5 Å². The van der Waals surface area contributed by atoms with E-state index in [0.717, 1.165) is 16.7 Å². The van der Waals surface area contributed by atoms with Gasteiger partial charge in [-0.05, 0) is 18.1 Å². The fourth-order valence-corrected chi connectivity index (χ4v) is 3.89. The maximum absolute atomic E-state index is 12.9. The van der Waals surface area contributed by atoms with Crippen LogP contribution in [0.4, 0.5) is 0 Å². The van der Waals surface area contributed by atoms with Crippen LogP contribution in [0.2, 0.25) is 0 Å². The van der Waals surface area contributed by atoms with Crippen molar-refractivity contribution in [2.24, 2.45) is 0 Å². The zero-order valence-electron chi connectivity index (χ0n) is 21.4. The molecule has 0 aliphatic carbocycles. The van der Waals surface area contributed by atoms with Gasteiger partial charge < -0.3 is 24.3 Å². The number of pyridine rings is 1. The molecule has 38 heavy (non-hydrogen) atoms. The molecule has 0 radical (unpaired) electrons. The van der Waals surface area contributed by atoms with Crippen LogP contribution in [0.3, 0.4) is 0 Å². The number of carbonyl (C=O) groups excluding carboxylic acids is 3. The van der Waals surface area contributed by atoms with E-state index in [9.17, 15) is 14.4 Å². The third-order valence-corrected chi connectivity index (χ3v) is 6.13. The van der Waals surface area contributed by atoms with E-state index < -0.39 is 42.5 Å². The van der Waals surface area contributed by atoms with Gasteiger partial charge in [0.1, 0.15) is 12.6 Å². The second-order valence-electron chi connectivity index (χ2n) is 8.35. The number of hydrogen-bond acceptors (Lipinski definition) is 9. The normalized spacial score (nSPS) is 12.1. The Bertz CT molecular complexity index is 1240. The monoisotopic (exact) mass is 538 g/mol. The predicted octanol–water partition coefficient (Wildman–Crippen LogP) is 3.85. The first kappa shape index (κ1) is 28.5. The van der Waals surface area contributed by atoms with Crippen LogP contribution in [0.1, 0.15) is 39.4 Å². The quantitative estimate of drug-likeness (QED) is 0.203. The summed E-state index contributed by atoms with van der Waals surface area (Å²) in [5, 5.41) is 2.11. The van der Waals surface area contributed by atoms with Gasteiger partial charge >= 0.3 is 11.9 Å². The SMILES string of the molecule is COc1ccnc(C(=O)NCC(=O)OC(Cc2ccc(C)cc2)C(S)c2ccccc2)c1OCOC(C)=O. The molecule has 0 fully saturated rings. The zero-order chi connectivity index (χ0) is 27.5. The minimum absolute atomic E-state index is 0.0288. The van der Waals surface area contributed by atoms with Crippen molar-refractivity contribution in [1.29, 1.82) is 0 Å². The second kappa shape index (κ2) is 14.0. The smallest absolute Gasteiger partial charge is 0.325 e. The number of thiol groups is 1. The van der Waals surface area contributed by atoms with Gasteiger partial charge in [0.05, 0.1) is 12.4 Å². The Balaban J connectivity index is 1.69. The first-order valence-electron chi connectivity index (χ1n) is 11.8. The Morgan fingerprint density at radius 1 is 1.03 bits per heavy atom. The molecule has 0 aliphatic rings. The summed E-state index contributed by atoms with van der Waals surface area (Å²) in [5.41, 5.74) is 2.87. The van der Waals surface area contributed by atoms with Crippen LogP contribution in [0.25, 0.3) is 0 Å². The molecule has 1 amide bonds. The van der Waals surface area contributed by atoms with Gasteiger partial charge in [0.25, 0.3) is 5.91 Å². The number of aromatic nitrogens is 1. The lowest BCUT2D eigenvalue weighted by Crippen LogP contribution is -2.35. The van der Waals surface area contributed by atoms with E-state index in [1.54, 1.807) is 0 Å². The van der Waals surface area contributed by atoms with Crippen LogP contribution >= 0.6 is 12.6 Å². The largest absolute Gasteiger partial charge is 0.493 e. The van der Waals surface area contributed by atoms with Crippen molar-refractivity contribution in [1.82, 2.24) is 10.3 Å². The van der Waals surface area contributed by atoms with Crippen LogP contribution in [-0.2, 0) is 25.5 Å². The number of ether oxygens (including phenoxy) is 4. The molecule has 2 aromatic carbocycles. The topological polar surface area (TPSA) is 113 Å². The Labute approximate surface area is 226 Å². The molecule has 1 N–H and O–H groups in total. The molecule has 2 atom stereocenters. The van der Waals surface area contributed by atoms with E-state index in [0.29, 0.717) is 6.42 Å². The molecule has 0 saturated heterocycles. The predicted molar refractivity (Wildman–Crippen MR) is 143 cm³/mol. The highest BCUT2D eigenvalue weighted by Crippen LogP contribution is 2.30. The van der Waals surface area contributed by atoms with E-state index in [2.05, 4.69) is 10.3 Å². The highest BCUT2D eigenvalue weighted by molar-refractivity contribution is 7.80. The molecule has 0 bridgehead atoms. The average molecular weight is 539 g/mol. The minimum Gasteiger partial charge on any atom is -0.493 e. The lowest BCUT2D eigenvalue weighted by atomic mass is 10.00. The Hall–Kier alpha value is -4.05. The summed E-state index contributed by atoms with van der Waals surface area (Å²) < 4.78 is 21.2. The molecule has 1 heterocycles. The Morgan fingerprint density at radius 2 is 1.74 bits per heavy atom. The first-order chi connectivity index (χ1) is 18.3. The summed E-state index contributed by atoms with van der Waals surface area (Å²) in [7, 11) is 1.39. The average Bonchev–Trinajstić information content (AvgIpc) is 2.92. The summed E-state index contributed by atoms with van der Waals surface area (Å²) in [6, 6.07) is 19.0. The number of benzene rings is 2. The fourth-order valence-electron chi connectivity index (χ4n) is 3.55. The summed E-state index contributed by atoms with van der Waals surface area (Å²) in [4.78, 5) is 40.8. The highest BCUT2D eigenvalue weighted by atomic mass is 32.1. The number of methoxy groups -OCH3 is 1. The molecule has 0 saturated carbocycles. The Morgan fingerprint density at radius 3 is 2.39 bits per heavy atom. The van der Waals surface area contributed by atoms with Gasteiger partial charge in [-0.3, -0.25) is 14.4 Å². The number of carbonyl (C=O) groups is 3. The standard InChI is InChI=1S/C28H30N2O7S/c1-18-9-11-20(12-10-18)15-23(27(38)21-7-5-4-6-8-21)37-24(32)16-30-28(33)25-26(36-17-35-19(2)31)22(34-3)13-14-29-25/h4-14,23,27,38H,15-17H2,1-3H3,(H,30,33). The van der Waals surface area contributed by atoms with Crippen molar-refractivity contribution in [2.75, 3.05) is 20.4 Å². The highest BCUT2D eigenvalue weighted by Gasteiger charge is 2.26. The maximum atomic E-state index is 12.9. The van der Waals surface area contributed by atoms with Gasteiger partial charge in [0.15, 0.2) is 17.2 Å². The first-order valence-corrected chi connectivity index (χ1v) is 12.4. The third-order valence-electron chi connectivity index (χ3n) is 5.50. The van der Waals surface area contributed by atoms with E-state index in [-0.39, 0.29) is 17.2 Å². The molecule has 1 aromatic heterocycles. The lowest BCUT2D eigenvalue weighted by Gasteiger charge is -2.24. The minimum atomic E-state index is -0.695. The van der Waals surface area contributed by atoms with Crippen LogP contribution in [-0.4, -0.2) is 49.4 Å². The summed E-state index contributed by atoms with van der Waals surface area (Å²) in [6.45, 7) is 2.37. The fraction of sp³-hybridized carbons (Fsp3) is 0.286. The summed E-state index contributed by atoms with van der Waals surface area (Å²) >= 11 is 4.75. The number of esters is 2. The van der Waals surface area contributed by atoms with Crippen molar-refractivity contribution in [2.45, 2.75) is 31.6 Å². The van der Waals surface area contributed by atoms with Crippen LogP contribution < -0.4 is 14.8 Å². The number of hydrogen-bond donors (Lipinski definition) is 2. The molecule has 0 aliphatic heterocycles.